The number of hydrogen-bond donors (Lipinski definition) is 2. The molecule has 0 saturated carbocycles. The largest absolute Gasteiger partial charge is 0.372 e. The SMILES string of the molecule is CCOCC(=O)N[C@@H](CC[S@](=O)c1ccccc1)C(N)=O. The van der Waals surface area contributed by atoms with Gasteiger partial charge in [0.25, 0.3) is 0 Å². The van der Waals surface area contributed by atoms with E-state index in [1.807, 2.05) is 6.07 Å². The van der Waals surface area contributed by atoms with Crippen molar-refractivity contribution in [3.8, 4) is 0 Å². The summed E-state index contributed by atoms with van der Waals surface area (Å²) in [7, 11) is -1.23. The lowest BCUT2D eigenvalue weighted by Crippen LogP contribution is -2.46. The zero-order valence-corrected chi connectivity index (χ0v) is 12.7. The third kappa shape index (κ3) is 6.50. The molecule has 21 heavy (non-hydrogen) atoms. The van der Waals surface area contributed by atoms with Gasteiger partial charge in [-0.25, -0.2) is 0 Å². The lowest BCUT2D eigenvalue weighted by molar-refractivity contribution is -0.130. The van der Waals surface area contributed by atoms with E-state index in [0.717, 1.165) is 0 Å². The number of ether oxygens (including phenoxy) is 1. The smallest absolute Gasteiger partial charge is 0.246 e. The lowest BCUT2D eigenvalue weighted by atomic mass is 10.2. The van der Waals surface area contributed by atoms with E-state index in [0.29, 0.717) is 11.5 Å². The first-order chi connectivity index (χ1) is 10.0. The van der Waals surface area contributed by atoms with Crippen LogP contribution in [0.1, 0.15) is 13.3 Å². The first-order valence-corrected chi connectivity index (χ1v) is 7.96. The van der Waals surface area contributed by atoms with Gasteiger partial charge < -0.3 is 15.8 Å². The van der Waals surface area contributed by atoms with Gasteiger partial charge in [-0.3, -0.25) is 13.8 Å². The molecule has 1 aromatic rings. The molecular formula is C14H20N2O4S. The molecule has 0 bridgehead atoms. The Labute approximate surface area is 126 Å². The summed E-state index contributed by atoms with van der Waals surface area (Å²) in [6.45, 7) is 2.05. The molecule has 2 atom stereocenters. The number of carbonyl (C=O) groups is 2. The third-order valence-corrected chi connectivity index (χ3v) is 4.12. The van der Waals surface area contributed by atoms with Crippen molar-refractivity contribution in [2.45, 2.75) is 24.3 Å². The minimum absolute atomic E-state index is 0.123. The van der Waals surface area contributed by atoms with Crippen LogP contribution in [-0.4, -0.2) is 41.0 Å². The molecule has 0 unspecified atom stereocenters. The zero-order valence-electron chi connectivity index (χ0n) is 11.9. The monoisotopic (exact) mass is 312 g/mol. The van der Waals surface area contributed by atoms with Crippen LogP contribution in [0.2, 0.25) is 0 Å². The van der Waals surface area contributed by atoms with Crippen molar-refractivity contribution in [3.05, 3.63) is 30.3 Å². The summed E-state index contributed by atoms with van der Waals surface area (Å²) in [5, 5.41) is 2.49. The van der Waals surface area contributed by atoms with Crippen molar-refractivity contribution in [1.82, 2.24) is 5.32 Å². The Hall–Kier alpha value is -1.73. The van der Waals surface area contributed by atoms with Crippen LogP contribution in [0, 0.1) is 0 Å². The highest BCUT2D eigenvalue weighted by molar-refractivity contribution is 7.85. The van der Waals surface area contributed by atoms with Gasteiger partial charge in [-0.05, 0) is 25.5 Å². The Morgan fingerprint density at radius 2 is 2.00 bits per heavy atom. The second-order valence-electron chi connectivity index (χ2n) is 4.31. The van der Waals surface area contributed by atoms with Gasteiger partial charge in [-0.15, -0.1) is 0 Å². The van der Waals surface area contributed by atoms with E-state index < -0.39 is 28.7 Å². The number of benzene rings is 1. The van der Waals surface area contributed by atoms with Gasteiger partial charge in [0.15, 0.2) is 0 Å². The van der Waals surface area contributed by atoms with Crippen molar-refractivity contribution in [3.63, 3.8) is 0 Å². The van der Waals surface area contributed by atoms with Gasteiger partial charge in [0.2, 0.25) is 11.8 Å². The maximum Gasteiger partial charge on any atom is 0.246 e. The van der Waals surface area contributed by atoms with E-state index in [2.05, 4.69) is 5.32 Å². The van der Waals surface area contributed by atoms with Crippen LogP contribution in [0.25, 0.3) is 0 Å². The molecule has 1 aromatic carbocycles. The van der Waals surface area contributed by atoms with Crippen LogP contribution in [0.4, 0.5) is 0 Å². The molecule has 3 N–H and O–H groups in total. The fraction of sp³-hybridized carbons (Fsp3) is 0.429. The summed E-state index contributed by atoms with van der Waals surface area (Å²) < 4.78 is 17.0. The molecule has 0 aliphatic carbocycles. The molecule has 7 heteroatoms. The van der Waals surface area contributed by atoms with Crippen molar-refractivity contribution in [2.75, 3.05) is 19.0 Å². The molecule has 0 saturated heterocycles. The van der Waals surface area contributed by atoms with Crippen LogP contribution >= 0.6 is 0 Å². The number of amides is 2. The number of rotatable bonds is 9. The van der Waals surface area contributed by atoms with E-state index in [1.165, 1.54) is 0 Å². The van der Waals surface area contributed by atoms with Gasteiger partial charge >= 0.3 is 0 Å². The molecule has 0 fully saturated rings. The van der Waals surface area contributed by atoms with E-state index in [-0.39, 0.29) is 18.8 Å². The second-order valence-corrected chi connectivity index (χ2v) is 5.88. The number of nitrogens with one attached hydrogen (secondary N) is 1. The van der Waals surface area contributed by atoms with Crippen LogP contribution in [0.3, 0.4) is 0 Å². The molecule has 0 aromatic heterocycles. The Morgan fingerprint density at radius 1 is 1.33 bits per heavy atom. The predicted molar refractivity (Wildman–Crippen MR) is 80.0 cm³/mol. The highest BCUT2D eigenvalue weighted by atomic mass is 32.2. The molecule has 1 rings (SSSR count). The minimum atomic E-state index is -1.23. The van der Waals surface area contributed by atoms with Gasteiger partial charge in [0, 0.05) is 17.3 Å². The van der Waals surface area contributed by atoms with Crippen molar-refractivity contribution < 1.29 is 18.5 Å². The van der Waals surface area contributed by atoms with E-state index >= 15 is 0 Å². The zero-order chi connectivity index (χ0) is 15.7. The van der Waals surface area contributed by atoms with E-state index in [9.17, 15) is 13.8 Å². The standard InChI is InChI=1S/C14H20N2O4S/c1-2-20-10-13(17)16-12(14(15)18)8-9-21(19)11-6-4-3-5-7-11/h3-7,12H,2,8-10H2,1H3,(H2,15,18)(H,16,17)/t12-,21-/m0/s1. The molecule has 0 aliphatic heterocycles. The van der Waals surface area contributed by atoms with Crippen LogP contribution in [0.5, 0.6) is 0 Å². The van der Waals surface area contributed by atoms with Crippen molar-refractivity contribution in [1.29, 1.82) is 0 Å². The highest BCUT2D eigenvalue weighted by Crippen LogP contribution is 2.07. The van der Waals surface area contributed by atoms with Gasteiger partial charge in [0.05, 0.1) is 10.8 Å². The lowest BCUT2D eigenvalue weighted by Gasteiger charge is -2.15. The number of nitrogens with two attached hydrogens (primary N) is 1. The number of hydrogen-bond acceptors (Lipinski definition) is 4. The summed E-state index contributed by atoms with van der Waals surface area (Å²) in [5.41, 5.74) is 5.25. The molecule has 0 aliphatic rings. The fourth-order valence-electron chi connectivity index (χ4n) is 1.63. The molecule has 0 heterocycles. The second kappa shape index (κ2) is 9.25. The Kier molecular flexibility index (Phi) is 7.63. The maximum absolute atomic E-state index is 12.1. The average Bonchev–Trinajstić information content (AvgIpc) is 2.49. The van der Waals surface area contributed by atoms with Crippen LogP contribution in [0.15, 0.2) is 35.2 Å². The molecule has 116 valence electrons. The molecule has 0 spiro atoms. The third-order valence-electron chi connectivity index (χ3n) is 2.71. The number of carbonyl (C=O) groups excluding carboxylic acids is 2. The molecular weight excluding hydrogens is 292 g/mol. The Bertz CT molecular complexity index is 493. The van der Waals surface area contributed by atoms with Crippen molar-refractivity contribution in [2.24, 2.45) is 5.73 Å². The van der Waals surface area contributed by atoms with Crippen LogP contribution in [-0.2, 0) is 25.1 Å². The minimum Gasteiger partial charge on any atom is -0.372 e. The fourth-order valence-corrected chi connectivity index (χ4v) is 2.78. The topological polar surface area (TPSA) is 98.5 Å². The quantitative estimate of drug-likeness (QED) is 0.680. The Balaban J connectivity index is 2.50. The van der Waals surface area contributed by atoms with Gasteiger partial charge in [0.1, 0.15) is 12.6 Å². The highest BCUT2D eigenvalue weighted by Gasteiger charge is 2.19. The predicted octanol–water partition coefficient (Wildman–Crippen LogP) is 0.191. The van der Waals surface area contributed by atoms with Gasteiger partial charge in [-0.2, -0.15) is 0 Å². The Morgan fingerprint density at radius 3 is 2.57 bits per heavy atom. The van der Waals surface area contributed by atoms with E-state index in [4.69, 9.17) is 10.5 Å². The summed E-state index contributed by atoms with van der Waals surface area (Å²) in [4.78, 5) is 23.5. The first kappa shape index (κ1) is 17.3. The van der Waals surface area contributed by atoms with E-state index in [1.54, 1.807) is 31.2 Å². The average molecular weight is 312 g/mol. The van der Waals surface area contributed by atoms with Gasteiger partial charge in [-0.1, -0.05) is 18.2 Å². The van der Waals surface area contributed by atoms with Crippen molar-refractivity contribution >= 4 is 22.6 Å². The number of primary amides is 1. The summed E-state index contributed by atoms with van der Waals surface area (Å²) >= 11 is 0. The summed E-state index contributed by atoms with van der Waals surface area (Å²) in [6, 6.07) is 8.09. The molecule has 0 radical (unpaired) electrons. The maximum atomic E-state index is 12.1. The first-order valence-electron chi connectivity index (χ1n) is 6.64. The normalized spacial score (nSPS) is 13.4. The summed E-state index contributed by atoms with van der Waals surface area (Å²) in [6.07, 6.45) is 0.217. The van der Waals surface area contributed by atoms with Crippen LogP contribution < -0.4 is 11.1 Å². The molecule has 2 amide bonds. The molecule has 6 nitrogen and oxygen atoms in total. The summed E-state index contributed by atoms with van der Waals surface area (Å²) in [5.74, 6) is -0.817.